The second-order valence-electron chi connectivity index (χ2n) is 7.67. The lowest BCUT2D eigenvalue weighted by atomic mass is 9.64. The van der Waals surface area contributed by atoms with E-state index in [0.717, 1.165) is 38.8 Å². The lowest BCUT2D eigenvalue weighted by Crippen LogP contribution is -2.49. The van der Waals surface area contributed by atoms with Crippen LogP contribution < -0.4 is 5.73 Å². The van der Waals surface area contributed by atoms with Crippen molar-refractivity contribution in [3.8, 4) is 0 Å². The first-order chi connectivity index (χ1) is 10.7. The summed E-state index contributed by atoms with van der Waals surface area (Å²) >= 11 is 0. The van der Waals surface area contributed by atoms with Gasteiger partial charge in [0.2, 0.25) is 5.91 Å². The molecule has 3 atom stereocenters. The lowest BCUT2D eigenvalue weighted by Gasteiger charge is -2.43. The Morgan fingerprint density at radius 3 is 2.59 bits per heavy atom. The Balaban J connectivity index is 1.49. The number of likely N-dealkylation sites (tertiary alicyclic amines) is 1. The molecule has 22 heavy (non-hydrogen) atoms. The van der Waals surface area contributed by atoms with Crippen molar-refractivity contribution in [1.29, 1.82) is 0 Å². The number of benzene rings is 1. The lowest BCUT2D eigenvalue weighted by molar-refractivity contribution is -0.146. The molecule has 3 aliphatic rings. The summed E-state index contributed by atoms with van der Waals surface area (Å²) in [4.78, 5) is 15.3. The number of carbonyl (C=O) groups is 1. The van der Waals surface area contributed by atoms with Gasteiger partial charge in [-0.1, -0.05) is 36.8 Å². The van der Waals surface area contributed by atoms with E-state index in [4.69, 9.17) is 5.73 Å². The molecule has 2 saturated carbocycles. The largest absolute Gasteiger partial charge is 0.342 e. The maximum Gasteiger partial charge on any atom is 0.229 e. The van der Waals surface area contributed by atoms with E-state index in [0.29, 0.717) is 23.8 Å². The van der Waals surface area contributed by atoms with Gasteiger partial charge in [0.15, 0.2) is 0 Å². The Morgan fingerprint density at radius 1 is 1.18 bits per heavy atom. The quantitative estimate of drug-likeness (QED) is 0.932. The first-order valence-corrected chi connectivity index (χ1v) is 8.77. The average Bonchev–Trinajstić information content (AvgIpc) is 3.06. The Morgan fingerprint density at radius 2 is 1.95 bits per heavy atom. The first kappa shape index (κ1) is 14.3. The van der Waals surface area contributed by atoms with Crippen LogP contribution in [0.4, 0.5) is 0 Å². The second kappa shape index (κ2) is 5.38. The molecule has 4 rings (SSSR count). The standard InChI is InChI=1S/C19H26N2O/c20-17-8-7-15-12-21(13-16(15)17)18(22)19(9-4-10-19)11-14-5-2-1-3-6-14/h1-3,5-6,15-17H,4,7-13,20H2. The maximum absolute atomic E-state index is 13.2. The highest BCUT2D eigenvalue weighted by atomic mass is 16.2. The number of nitrogens with zero attached hydrogens (tertiary/aromatic N) is 1. The molecule has 1 saturated heterocycles. The SMILES string of the molecule is NC1CCC2CN(C(=O)C3(Cc4ccccc4)CCC3)CC12. The predicted octanol–water partition coefficient (Wildman–Crippen LogP) is 2.60. The fraction of sp³-hybridized carbons (Fsp3) is 0.632. The minimum atomic E-state index is -0.121. The van der Waals surface area contributed by atoms with Crippen LogP contribution in [0.5, 0.6) is 0 Å². The average molecular weight is 298 g/mol. The molecule has 3 heteroatoms. The predicted molar refractivity (Wildman–Crippen MR) is 87.2 cm³/mol. The van der Waals surface area contributed by atoms with Gasteiger partial charge in [-0.05, 0) is 49.5 Å². The van der Waals surface area contributed by atoms with E-state index in [2.05, 4.69) is 29.2 Å². The summed E-state index contributed by atoms with van der Waals surface area (Å²) in [6.45, 7) is 1.86. The van der Waals surface area contributed by atoms with E-state index >= 15 is 0 Å². The van der Waals surface area contributed by atoms with Gasteiger partial charge in [0, 0.05) is 19.1 Å². The van der Waals surface area contributed by atoms with Crippen LogP contribution in [0.25, 0.3) is 0 Å². The molecule has 3 nitrogen and oxygen atoms in total. The molecule has 118 valence electrons. The Kier molecular flexibility index (Phi) is 3.48. The summed E-state index contributed by atoms with van der Waals surface area (Å²) in [6, 6.07) is 10.8. The molecule has 1 aromatic rings. The minimum Gasteiger partial charge on any atom is -0.342 e. The summed E-state index contributed by atoms with van der Waals surface area (Å²) < 4.78 is 0. The Hall–Kier alpha value is -1.35. The normalized spacial score (nSPS) is 32.6. The molecule has 1 amide bonds. The molecule has 1 aromatic carbocycles. The number of nitrogens with two attached hydrogens (primary N) is 1. The second-order valence-corrected chi connectivity index (χ2v) is 7.67. The maximum atomic E-state index is 13.2. The van der Waals surface area contributed by atoms with Crippen molar-refractivity contribution < 1.29 is 4.79 Å². The first-order valence-electron chi connectivity index (χ1n) is 8.77. The van der Waals surface area contributed by atoms with Crippen LogP contribution in [0.1, 0.15) is 37.7 Å². The summed E-state index contributed by atoms with van der Waals surface area (Å²) in [7, 11) is 0. The van der Waals surface area contributed by atoms with E-state index in [-0.39, 0.29) is 5.41 Å². The fourth-order valence-electron chi connectivity index (χ4n) is 4.87. The zero-order valence-electron chi connectivity index (χ0n) is 13.2. The number of carbonyl (C=O) groups excluding carboxylic acids is 1. The third-order valence-corrected chi connectivity index (χ3v) is 6.35. The van der Waals surface area contributed by atoms with Crippen LogP contribution in [0.2, 0.25) is 0 Å². The van der Waals surface area contributed by atoms with Gasteiger partial charge in [0.25, 0.3) is 0 Å². The topological polar surface area (TPSA) is 46.3 Å². The summed E-state index contributed by atoms with van der Waals surface area (Å²) in [5.74, 6) is 1.62. The third kappa shape index (κ3) is 2.26. The van der Waals surface area contributed by atoms with Crippen molar-refractivity contribution in [1.82, 2.24) is 4.90 Å². The van der Waals surface area contributed by atoms with Gasteiger partial charge in [-0.3, -0.25) is 4.79 Å². The van der Waals surface area contributed by atoms with Crippen molar-refractivity contribution in [3.63, 3.8) is 0 Å². The molecular weight excluding hydrogens is 272 g/mol. The van der Waals surface area contributed by atoms with Crippen LogP contribution in [-0.4, -0.2) is 29.9 Å². The van der Waals surface area contributed by atoms with Crippen LogP contribution >= 0.6 is 0 Å². The highest BCUT2D eigenvalue weighted by Crippen LogP contribution is 2.47. The van der Waals surface area contributed by atoms with E-state index in [1.165, 1.54) is 18.4 Å². The smallest absolute Gasteiger partial charge is 0.229 e. The Bertz CT molecular complexity index is 552. The summed E-state index contributed by atoms with van der Waals surface area (Å²) in [5, 5.41) is 0. The van der Waals surface area contributed by atoms with Crippen LogP contribution in [0.3, 0.4) is 0 Å². The van der Waals surface area contributed by atoms with E-state index < -0.39 is 0 Å². The van der Waals surface area contributed by atoms with Gasteiger partial charge in [-0.15, -0.1) is 0 Å². The molecule has 3 fully saturated rings. The molecule has 3 unspecified atom stereocenters. The van der Waals surface area contributed by atoms with Gasteiger partial charge in [-0.2, -0.15) is 0 Å². The number of fused-ring (bicyclic) bond motifs is 1. The van der Waals surface area contributed by atoms with E-state index in [1.807, 2.05) is 6.07 Å². The molecule has 1 heterocycles. The van der Waals surface area contributed by atoms with Crippen molar-refractivity contribution in [2.75, 3.05) is 13.1 Å². The fourth-order valence-corrected chi connectivity index (χ4v) is 4.87. The highest BCUT2D eigenvalue weighted by molar-refractivity contribution is 5.84. The van der Waals surface area contributed by atoms with Crippen LogP contribution in [0.15, 0.2) is 30.3 Å². The Labute approximate surface area is 132 Å². The molecule has 2 aliphatic carbocycles. The molecule has 0 bridgehead atoms. The summed E-state index contributed by atoms with van der Waals surface area (Å²) in [6.07, 6.45) is 6.56. The molecule has 0 aromatic heterocycles. The zero-order chi connectivity index (χ0) is 15.2. The van der Waals surface area contributed by atoms with Crippen molar-refractivity contribution in [2.24, 2.45) is 23.0 Å². The summed E-state index contributed by atoms with van der Waals surface area (Å²) in [5.41, 5.74) is 7.40. The van der Waals surface area contributed by atoms with Crippen LogP contribution in [0, 0.1) is 17.3 Å². The minimum absolute atomic E-state index is 0.121. The number of amides is 1. The number of hydrogen-bond acceptors (Lipinski definition) is 2. The van der Waals surface area contributed by atoms with E-state index in [9.17, 15) is 4.79 Å². The highest BCUT2D eigenvalue weighted by Gasteiger charge is 2.50. The van der Waals surface area contributed by atoms with E-state index in [1.54, 1.807) is 0 Å². The van der Waals surface area contributed by atoms with Gasteiger partial charge in [0.1, 0.15) is 0 Å². The van der Waals surface area contributed by atoms with Gasteiger partial charge < -0.3 is 10.6 Å². The van der Waals surface area contributed by atoms with Gasteiger partial charge in [-0.25, -0.2) is 0 Å². The van der Waals surface area contributed by atoms with Crippen molar-refractivity contribution in [3.05, 3.63) is 35.9 Å². The zero-order valence-corrected chi connectivity index (χ0v) is 13.2. The molecular formula is C19H26N2O. The monoisotopic (exact) mass is 298 g/mol. The van der Waals surface area contributed by atoms with Gasteiger partial charge >= 0.3 is 0 Å². The van der Waals surface area contributed by atoms with Crippen LogP contribution in [-0.2, 0) is 11.2 Å². The molecule has 2 N–H and O–H groups in total. The number of hydrogen-bond donors (Lipinski definition) is 1. The molecule has 1 aliphatic heterocycles. The molecule has 0 radical (unpaired) electrons. The third-order valence-electron chi connectivity index (χ3n) is 6.35. The number of rotatable bonds is 3. The molecule has 0 spiro atoms. The van der Waals surface area contributed by atoms with Crippen molar-refractivity contribution >= 4 is 5.91 Å². The van der Waals surface area contributed by atoms with Gasteiger partial charge in [0.05, 0.1) is 5.41 Å². The van der Waals surface area contributed by atoms with Crippen molar-refractivity contribution in [2.45, 2.75) is 44.6 Å².